The first-order valence-electron chi connectivity index (χ1n) is 11.0. The average Bonchev–Trinajstić information content (AvgIpc) is 2.88. The highest BCUT2D eigenvalue weighted by Gasteiger charge is 2.32. The summed E-state index contributed by atoms with van der Waals surface area (Å²) in [7, 11) is 0. The molecule has 3 aromatic rings. The second kappa shape index (κ2) is 11.3. The molecule has 11 heteroatoms. The Kier molecular flexibility index (Phi) is 7.92. The van der Waals surface area contributed by atoms with Crippen molar-refractivity contribution in [2.24, 2.45) is 5.10 Å². The van der Waals surface area contributed by atoms with Gasteiger partial charge in [0.1, 0.15) is 0 Å². The van der Waals surface area contributed by atoms with E-state index in [0.717, 1.165) is 28.1 Å². The summed E-state index contributed by atoms with van der Waals surface area (Å²) in [5.41, 5.74) is 0.132. The van der Waals surface area contributed by atoms with Gasteiger partial charge < -0.3 is 10.1 Å². The van der Waals surface area contributed by atoms with Gasteiger partial charge in [0.25, 0.3) is 5.91 Å². The van der Waals surface area contributed by atoms with Gasteiger partial charge in [-0.1, -0.05) is 48.5 Å². The predicted octanol–water partition coefficient (Wildman–Crippen LogP) is 5.12. The molecular weight excluding hydrogens is 507 g/mol. The zero-order valence-electron chi connectivity index (χ0n) is 19.1. The highest BCUT2D eigenvalue weighted by Crippen LogP contribution is 2.36. The molecule has 190 valence electrons. The summed E-state index contributed by atoms with van der Waals surface area (Å²) in [4.78, 5) is 38.5. The van der Waals surface area contributed by atoms with Crippen molar-refractivity contribution in [3.05, 3.63) is 90.0 Å². The molecule has 0 unspecified atom stereocenters. The number of thioether (sulfide) groups is 1. The molecule has 0 saturated heterocycles. The molecule has 0 aromatic heterocycles. The van der Waals surface area contributed by atoms with E-state index >= 15 is 0 Å². The molecule has 0 bridgehead atoms. The smallest absolute Gasteiger partial charge is 0.416 e. The molecule has 1 heterocycles. The number of para-hydroxylation sites is 1. The maximum Gasteiger partial charge on any atom is 0.416 e. The molecule has 3 aromatic carbocycles. The van der Waals surface area contributed by atoms with Crippen LogP contribution in [0.15, 0.2) is 88.9 Å². The Morgan fingerprint density at radius 1 is 1.03 bits per heavy atom. The lowest BCUT2D eigenvalue weighted by Crippen LogP contribution is -2.34. The molecule has 0 fully saturated rings. The van der Waals surface area contributed by atoms with E-state index in [9.17, 15) is 27.6 Å². The maximum atomic E-state index is 13.2. The van der Waals surface area contributed by atoms with Crippen LogP contribution in [0.2, 0.25) is 0 Å². The lowest BCUT2D eigenvalue weighted by atomic mass is 10.2. The quantitative estimate of drug-likeness (QED) is 0.262. The Morgan fingerprint density at radius 2 is 1.76 bits per heavy atom. The van der Waals surface area contributed by atoms with Crippen molar-refractivity contribution in [1.29, 1.82) is 0 Å². The maximum absolute atomic E-state index is 13.2. The predicted molar refractivity (Wildman–Crippen MR) is 133 cm³/mol. The molecule has 1 N–H and O–H groups in total. The number of rotatable bonds is 7. The topological polar surface area (TPSA) is 88.1 Å². The van der Waals surface area contributed by atoms with Crippen LogP contribution in [0, 0.1) is 0 Å². The second-order valence-corrected chi connectivity index (χ2v) is 9.11. The van der Waals surface area contributed by atoms with Gasteiger partial charge >= 0.3 is 12.1 Å². The summed E-state index contributed by atoms with van der Waals surface area (Å²) in [5.74, 6) is -2.05. The summed E-state index contributed by atoms with van der Waals surface area (Å²) in [6.45, 7) is -0.781. The zero-order chi connectivity index (χ0) is 26.4. The Balaban J connectivity index is 1.46. The van der Waals surface area contributed by atoms with Gasteiger partial charge in [-0.15, -0.1) is 11.8 Å². The normalized spacial score (nSPS) is 15.1. The summed E-state index contributed by atoms with van der Waals surface area (Å²) in [5, 5.41) is 6.75. The number of halogens is 3. The summed E-state index contributed by atoms with van der Waals surface area (Å²) in [6, 6.07) is 19.9. The first kappa shape index (κ1) is 26.0. The first-order valence-corrected chi connectivity index (χ1v) is 11.9. The number of nitrogens with one attached hydrogen (secondary N) is 1. The van der Waals surface area contributed by atoms with Crippen molar-refractivity contribution in [2.75, 3.05) is 16.9 Å². The van der Waals surface area contributed by atoms with Gasteiger partial charge in [-0.2, -0.15) is 23.3 Å². The Morgan fingerprint density at radius 3 is 2.51 bits per heavy atom. The van der Waals surface area contributed by atoms with E-state index in [1.165, 1.54) is 24.0 Å². The minimum absolute atomic E-state index is 0.151. The van der Waals surface area contributed by atoms with E-state index in [1.807, 2.05) is 0 Å². The number of amides is 2. The van der Waals surface area contributed by atoms with Crippen molar-refractivity contribution in [3.8, 4) is 0 Å². The highest BCUT2D eigenvalue weighted by atomic mass is 32.2. The number of carbonyl (C=O) groups is 3. The Labute approximate surface area is 214 Å². The molecule has 37 heavy (non-hydrogen) atoms. The van der Waals surface area contributed by atoms with Gasteiger partial charge in [-0.05, 0) is 35.9 Å². The minimum Gasteiger partial charge on any atom is -0.455 e. The largest absolute Gasteiger partial charge is 0.455 e. The minimum atomic E-state index is -4.63. The van der Waals surface area contributed by atoms with Crippen LogP contribution in [0.1, 0.15) is 17.5 Å². The Bertz CT molecular complexity index is 1330. The van der Waals surface area contributed by atoms with Gasteiger partial charge in [0.15, 0.2) is 6.61 Å². The summed E-state index contributed by atoms with van der Waals surface area (Å²) in [6.07, 6.45) is -3.62. The number of nitrogens with zero attached hydrogens (tertiary/aromatic N) is 2. The molecule has 4 rings (SSSR count). The average molecular weight is 528 g/mol. The number of hydrogen-bond acceptors (Lipinski definition) is 6. The molecule has 0 saturated carbocycles. The van der Waals surface area contributed by atoms with Crippen LogP contribution in [-0.4, -0.2) is 35.9 Å². The lowest BCUT2D eigenvalue weighted by molar-refractivity contribution is -0.148. The lowest BCUT2D eigenvalue weighted by Gasteiger charge is -2.23. The van der Waals surface area contributed by atoms with Crippen LogP contribution in [0.25, 0.3) is 0 Å². The Hall–Kier alpha value is -4.12. The van der Waals surface area contributed by atoms with Crippen molar-refractivity contribution in [2.45, 2.75) is 22.7 Å². The molecule has 1 aliphatic rings. The molecule has 0 radical (unpaired) electrons. The van der Waals surface area contributed by atoms with Crippen molar-refractivity contribution in [1.82, 2.24) is 0 Å². The summed E-state index contributed by atoms with van der Waals surface area (Å²) < 4.78 is 44.8. The van der Waals surface area contributed by atoms with Gasteiger partial charge in [0.2, 0.25) is 5.91 Å². The zero-order valence-corrected chi connectivity index (χ0v) is 20.0. The van der Waals surface area contributed by atoms with Crippen LogP contribution in [0.3, 0.4) is 0 Å². The highest BCUT2D eigenvalue weighted by molar-refractivity contribution is 8.01. The molecule has 0 spiro atoms. The van der Waals surface area contributed by atoms with Crippen LogP contribution < -0.4 is 10.3 Å². The first-order chi connectivity index (χ1) is 17.7. The number of hydrogen-bond donors (Lipinski definition) is 1. The van der Waals surface area contributed by atoms with E-state index in [1.54, 1.807) is 54.6 Å². The van der Waals surface area contributed by atoms with Crippen LogP contribution >= 0.6 is 11.8 Å². The fraction of sp³-hybridized carbons (Fsp3) is 0.154. The van der Waals surface area contributed by atoms with Crippen LogP contribution in [0.5, 0.6) is 0 Å². The van der Waals surface area contributed by atoms with Crippen LogP contribution in [-0.2, 0) is 25.3 Å². The number of benzene rings is 3. The van der Waals surface area contributed by atoms with E-state index in [-0.39, 0.29) is 18.0 Å². The fourth-order valence-corrected chi connectivity index (χ4v) is 4.49. The standard InChI is InChI=1S/C26H20F3N3O4S/c27-26(28,29)18-9-6-10-19(13-18)32(30-15-17-7-2-1-3-8-17)23(33)16-36-24(34)14-22-25(35)31-20-11-4-5-12-21(20)37-22/h1-13,15,22H,14,16H2,(H,31,35)/b30-15-/t22-/m0/s1. The van der Waals surface area contributed by atoms with Crippen LogP contribution in [0.4, 0.5) is 24.5 Å². The second-order valence-electron chi connectivity index (χ2n) is 7.87. The monoisotopic (exact) mass is 527 g/mol. The number of ether oxygens (including phenoxy) is 1. The van der Waals surface area contributed by atoms with Gasteiger partial charge in [0, 0.05) is 4.90 Å². The third kappa shape index (κ3) is 6.76. The van der Waals surface area contributed by atoms with Crippen molar-refractivity contribution < 1.29 is 32.3 Å². The fourth-order valence-electron chi connectivity index (χ4n) is 3.39. The van der Waals surface area contributed by atoms with Crippen molar-refractivity contribution >= 4 is 47.1 Å². The molecule has 1 atom stereocenters. The number of anilines is 2. The number of fused-ring (bicyclic) bond motifs is 1. The number of alkyl halides is 3. The molecule has 0 aliphatic carbocycles. The van der Waals surface area contributed by atoms with Crippen molar-refractivity contribution in [3.63, 3.8) is 0 Å². The van der Waals surface area contributed by atoms with Gasteiger partial charge in [0.05, 0.1) is 34.8 Å². The molecule has 7 nitrogen and oxygen atoms in total. The van der Waals surface area contributed by atoms with Gasteiger partial charge in [-0.3, -0.25) is 14.4 Å². The van der Waals surface area contributed by atoms with E-state index in [2.05, 4.69) is 10.4 Å². The number of hydrazone groups is 1. The van der Waals surface area contributed by atoms with E-state index < -0.39 is 35.5 Å². The number of carbonyl (C=O) groups excluding carboxylic acids is 3. The number of esters is 1. The summed E-state index contributed by atoms with van der Waals surface area (Å²) >= 11 is 1.20. The third-order valence-corrected chi connectivity index (χ3v) is 6.47. The van der Waals surface area contributed by atoms with E-state index in [4.69, 9.17) is 4.74 Å². The molecular formula is C26H20F3N3O4S. The SMILES string of the molecule is O=C(C[C@@H]1Sc2ccccc2NC1=O)OCC(=O)N(/N=C\c1ccccc1)c1cccc(C(F)(F)F)c1. The molecule has 1 aliphatic heterocycles. The van der Waals surface area contributed by atoms with Gasteiger partial charge in [-0.25, -0.2) is 0 Å². The molecule has 2 amide bonds. The van der Waals surface area contributed by atoms with E-state index in [0.29, 0.717) is 11.3 Å². The third-order valence-electron chi connectivity index (χ3n) is 5.19.